The number of rotatable bonds is 5. The van der Waals surface area contributed by atoms with Gasteiger partial charge in [-0.15, -0.1) is 11.8 Å². The molecule has 0 bridgehead atoms. The number of para-hydroxylation sites is 1. The average Bonchev–Trinajstić information content (AvgIpc) is 3.05. The van der Waals surface area contributed by atoms with Gasteiger partial charge in [-0.3, -0.25) is 9.59 Å². The number of carbonyl (C=O) groups is 2. The predicted molar refractivity (Wildman–Crippen MR) is 96.6 cm³/mol. The van der Waals surface area contributed by atoms with Gasteiger partial charge in [-0.2, -0.15) is 0 Å². The third-order valence-electron chi connectivity index (χ3n) is 4.05. The van der Waals surface area contributed by atoms with Crippen molar-refractivity contribution in [3.8, 4) is 5.75 Å². The van der Waals surface area contributed by atoms with Crippen LogP contribution < -0.4 is 0 Å². The number of thioether (sulfide) groups is 1. The van der Waals surface area contributed by atoms with Gasteiger partial charge in [-0.05, 0) is 19.4 Å². The minimum absolute atomic E-state index is 0.0730. The molecular formula is C18H24N2O3S. The van der Waals surface area contributed by atoms with Crippen LogP contribution in [0.1, 0.15) is 25.8 Å². The first-order chi connectivity index (χ1) is 11.5. The smallest absolute Gasteiger partial charge is 0.250 e. The van der Waals surface area contributed by atoms with Gasteiger partial charge in [0.25, 0.3) is 5.91 Å². The summed E-state index contributed by atoms with van der Waals surface area (Å²) in [6.07, 6.45) is 2.68. The Labute approximate surface area is 147 Å². The fourth-order valence-corrected chi connectivity index (χ4v) is 3.84. The molecular weight excluding hydrogens is 324 g/mol. The molecule has 0 radical (unpaired) electrons. The highest BCUT2D eigenvalue weighted by molar-refractivity contribution is 7.99. The molecule has 130 valence electrons. The summed E-state index contributed by atoms with van der Waals surface area (Å²) in [5.41, 5.74) is 1.38. The molecule has 0 spiro atoms. The van der Waals surface area contributed by atoms with Crippen LogP contribution in [0.5, 0.6) is 5.75 Å². The van der Waals surface area contributed by atoms with Crippen LogP contribution in [-0.4, -0.2) is 51.4 Å². The number of allylic oxidation sites excluding steroid dienone is 1. The zero-order valence-electron chi connectivity index (χ0n) is 14.4. The maximum Gasteiger partial charge on any atom is 0.250 e. The number of aromatic hydroxyl groups is 1. The summed E-state index contributed by atoms with van der Waals surface area (Å²) in [6, 6.07) is 6.52. The van der Waals surface area contributed by atoms with E-state index in [1.807, 2.05) is 19.1 Å². The number of hydrogen-bond donors (Lipinski definition) is 1. The van der Waals surface area contributed by atoms with E-state index in [1.165, 1.54) is 0 Å². The van der Waals surface area contributed by atoms with Crippen LogP contribution in [-0.2, 0) is 16.1 Å². The highest BCUT2D eigenvalue weighted by Gasteiger charge is 2.36. The molecule has 1 saturated heterocycles. The van der Waals surface area contributed by atoms with Crippen molar-refractivity contribution >= 4 is 23.6 Å². The second-order valence-corrected chi connectivity index (χ2v) is 6.91. The molecule has 1 N–H and O–H groups in total. The van der Waals surface area contributed by atoms with Gasteiger partial charge in [0.1, 0.15) is 11.8 Å². The Hall–Kier alpha value is -1.95. The number of nitrogens with zero attached hydrogens (tertiary/aromatic N) is 2. The molecule has 5 nitrogen and oxygen atoms in total. The lowest BCUT2D eigenvalue weighted by Gasteiger charge is -2.27. The van der Waals surface area contributed by atoms with Crippen LogP contribution >= 0.6 is 11.8 Å². The molecule has 1 aromatic carbocycles. The van der Waals surface area contributed by atoms with Gasteiger partial charge < -0.3 is 14.9 Å². The Morgan fingerprint density at radius 2 is 2.12 bits per heavy atom. The van der Waals surface area contributed by atoms with Crippen LogP contribution in [0.3, 0.4) is 0 Å². The van der Waals surface area contributed by atoms with E-state index in [0.29, 0.717) is 29.3 Å². The zero-order valence-corrected chi connectivity index (χ0v) is 15.2. The number of phenols is 1. The Bertz CT molecular complexity index is 645. The van der Waals surface area contributed by atoms with E-state index in [4.69, 9.17) is 0 Å². The molecule has 1 aromatic rings. The molecule has 0 unspecified atom stereocenters. The molecule has 1 aliphatic rings. The Kier molecular flexibility index (Phi) is 6.31. The molecule has 0 aromatic heterocycles. The van der Waals surface area contributed by atoms with Crippen LogP contribution in [0.4, 0.5) is 0 Å². The monoisotopic (exact) mass is 348 g/mol. The highest BCUT2D eigenvalue weighted by atomic mass is 32.2. The van der Waals surface area contributed by atoms with Gasteiger partial charge in [0, 0.05) is 30.5 Å². The molecule has 2 amide bonds. The predicted octanol–water partition coefficient (Wildman–Crippen LogP) is 2.61. The van der Waals surface area contributed by atoms with Crippen molar-refractivity contribution in [1.29, 1.82) is 0 Å². The number of likely N-dealkylation sites (N-methyl/N-ethyl adjacent to an activating group) is 1. The van der Waals surface area contributed by atoms with E-state index in [-0.39, 0.29) is 17.6 Å². The van der Waals surface area contributed by atoms with Crippen molar-refractivity contribution in [2.45, 2.75) is 32.9 Å². The second-order valence-electron chi connectivity index (χ2n) is 5.91. The Morgan fingerprint density at radius 1 is 1.42 bits per heavy atom. The fourth-order valence-electron chi connectivity index (χ4n) is 2.70. The Morgan fingerprint density at radius 3 is 2.79 bits per heavy atom. The Balaban J connectivity index is 2.08. The average molecular weight is 348 g/mol. The lowest BCUT2D eigenvalue weighted by Crippen LogP contribution is -2.47. The first-order valence-corrected chi connectivity index (χ1v) is 9.18. The van der Waals surface area contributed by atoms with Crippen molar-refractivity contribution in [2.75, 3.05) is 18.7 Å². The molecule has 1 fully saturated rings. The van der Waals surface area contributed by atoms with Gasteiger partial charge in [0.15, 0.2) is 0 Å². The second kappa shape index (κ2) is 8.24. The largest absolute Gasteiger partial charge is 0.508 e. The normalized spacial score (nSPS) is 17.9. The third-order valence-corrected chi connectivity index (χ3v) is 5.06. The summed E-state index contributed by atoms with van der Waals surface area (Å²) in [7, 11) is 1.70. The molecule has 1 atom stereocenters. The van der Waals surface area contributed by atoms with Crippen molar-refractivity contribution in [2.24, 2.45) is 0 Å². The summed E-state index contributed by atoms with van der Waals surface area (Å²) in [5.74, 6) is 1.15. The molecule has 2 rings (SSSR count). The number of benzene rings is 1. The zero-order chi connectivity index (χ0) is 17.7. The van der Waals surface area contributed by atoms with Crippen LogP contribution in [0.25, 0.3) is 0 Å². The molecule has 1 heterocycles. The molecule has 0 aliphatic carbocycles. The highest BCUT2D eigenvalue weighted by Crippen LogP contribution is 2.25. The topological polar surface area (TPSA) is 60.9 Å². The van der Waals surface area contributed by atoms with E-state index in [0.717, 1.165) is 6.42 Å². The van der Waals surface area contributed by atoms with Gasteiger partial charge in [-0.25, -0.2) is 0 Å². The van der Waals surface area contributed by atoms with Gasteiger partial charge in [-0.1, -0.05) is 31.2 Å². The van der Waals surface area contributed by atoms with Gasteiger partial charge >= 0.3 is 0 Å². The van der Waals surface area contributed by atoms with Crippen molar-refractivity contribution in [3.63, 3.8) is 0 Å². The first kappa shape index (κ1) is 18.4. The molecule has 0 saturated carbocycles. The van der Waals surface area contributed by atoms with Crippen LogP contribution in [0, 0.1) is 0 Å². The first-order valence-electron chi connectivity index (χ1n) is 8.03. The van der Waals surface area contributed by atoms with E-state index in [1.54, 1.807) is 53.7 Å². The minimum atomic E-state index is -0.446. The number of amides is 2. The number of phenolic OH excluding ortho intramolecular Hbond substituents is 1. The van der Waals surface area contributed by atoms with Crippen molar-refractivity contribution in [3.05, 3.63) is 41.5 Å². The standard InChI is InChI=1S/C18H24N2O3S/c1-4-7-13(2)17(22)20-12-24-11-15(20)18(23)19(3)10-14-8-5-6-9-16(14)21/h5-9,15,21H,4,10-12H2,1-3H3/b13-7+/t15-/m1/s1. The third kappa shape index (κ3) is 4.12. The van der Waals surface area contributed by atoms with E-state index < -0.39 is 6.04 Å². The summed E-state index contributed by atoms with van der Waals surface area (Å²) in [6.45, 7) is 4.10. The lowest BCUT2D eigenvalue weighted by atomic mass is 10.1. The van der Waals surface area contributed by atoms with Gasteiger partial charge in [0.05, 0.1) is 5.88 Å². The van der Waals surface area contributed by atoms with Crippen molar-refractivity contribution in [1.82, 2.24) is 9.80 Å². The van der Waals surface area contributed by atoms with Crippen LogP contribution in [0.2, 0.25) is 0 Å². The fraction of sp³-hybridized carbons (Fsp3) is 0.444. The summed E-state index contributed by atoms with van der Waals surface area (Å²) < 4.78 is 0. The summed E-state index contributed by atoms with van der Waals surface area (Å²) >= 11 is 1.59. The van der Waals surface area contributed by atoms with E-state index in [9.17, 15) is 14.7 Å². The maximum atomic E-state index is 12.8. The molecule has 1 aliphatic heterocycles. The summed E-state index contributed by atoms with van der Waals surface area (Å²) in [5, 5.41) is 9.86. The van der Waals surface area contributed by atoms with E-state index >= 15 is 0 Å². The molecule has 24 heavy (non-hydrogen) atoms. The number of hydrogen-bond acceptors (Lipinski definition) is 4. The SMILES string of the molecule is CC/C=C(\C)C(=O)N1CSC[C@@H]1C(=O)N(C)Cc1ccccc1O. The quantitative estimate of drug-likeness (QED) is 0.831. The minimum Gasteiger partial charge on any atom is -0.508 e. The van der Waals surface area contributed by atoms with Gasteiger partial charge in [0.2, 0.25) is 5.91 Å². The van der Waals surface area contributed by atoms with E-state index in [2.05, 4.69) is 0 Å². The van der Waals surface area contributed by atoms with Crippen molar-refractivity contribution < 1.29 is 14.7 Å². The lowest BCUT2D eigenvalue weighted by molar-refractivity contribution is -0.141. The maximum absolute atomic E-state index is 12.8. The van der Waals surface area contributed by atoms with Crippen LogP contribution in [0.15, 0.2) is 35.9 Å². The summed E-state index contributed by atoms with van der Waals surface area (Å²) in [4.78, 5) is 28.5. The molecule has 6 heteroatoms. The number of carbonyl (C=O) groups excluding carboxylic acids is 2.